The number of anilines is 1. The normalized spacial score (nSPS) is 10.9. The molecule has 1 aromatic heterocycles. The molecule has 1 aromatic carbocycles. The summed E-state index contributed by atoms with van der Waals surface area (Å²) in [5.74, 6) is 0.631. The number of nitrogens with one attached hydrogen (secondary N) is 1. The van der Waals surface area contributed by atoms with E-state index in [2.05, 4.69) is 9.97 Å². The Kier molecular flexibility index (Phi) is 4.56. The van der Waals surface area contributed by atoms with E-state index in [1.807, 2.05) is 11.0 Å². The van der Waals surface area contributed by atoms with Crippen LogP contribution in [0, 0.1) is 0 Å². The topological polar surface area (TPSA) is 108 Å². The maximum atomic E-state index is 9.09. The number of hydrogen-bond donors (Lipinski definition) is 4. The quantitative estimate of drug-likeness (QED) is 0.510. The Morgan fingerprint density at radius 2 is 2.00 bits per heavy atom. The van der Waals surface area contributed by atoms with Crippen molar-refractivity contribution in [2.24, 2.45) is 5.73 Å². The number of benzene rings is 1. The Bertz CT molecular complexity index is 523. The van der Waals surface area contributed by atoms with Gasteiger partial charge in [-0.05, 0) is 12.1 Å². The molecule has 7 heteroatoms. The van der Waals surface area contributed by atoms with E-state index >= 15 is 0 Å². The number of nitrogens with zero attached hydrogens (tertiary/aromatic N) is 2. The molecule has 0 saturated heterocycles. The number of ether oxygens (including phenoxy) is 1. The first-order valence-corrected chi connectivity index (χ1v) is 6.07. The second-order valence-electron chi connectivity index (χ2n) is 3.95. The van der Waals surface area contributed by atoms with E-state index in [0.29, 0.717) is 18.8 Å². The summed E-state index contributed by atoms with van der Waals surface area (Å²) in [5.41, 5.74) is 7.70. The Labute approximate surface area is 110 Å². The second kappa shape index (κ2) is 6.37. The molecule has 5 N–H and O–H groups in total. The SMILES string of the molecule is NCOc1ccc(N(CCO)CCO)c2nc[nH]c12. The average molecular weight is 266 g/mol. The van der Waals surface area contributed by atoms with Crippen LogP contribution in [0.2, 0.25) is 0 Å². The molecule has 2 aromatic rings. The Hall–Kier alpha value is -1.83. The van der Waals surface area contributed by atoms with Crippen molar-refractivity contribution in [3.63, 3.8) is 0 Å². The van der Waals surface area contributed by atoms with Crippen LogP contribution in [0.3, 0.4) is 0 Å². The maximum Gasteiger partial charge on any atom is 0.147 e. The highest BCUT2D eigenvalue weighted by molar-refractivity contribution is 5.92. The van der Waals surface area contributed by atoms with E-state index in [-0.39, 0.29) is 19.9 Å². The lowest BCUT2D eigenvalue weighted by molar-refractivity contribution is 0.281. The standard InChI is InChI=1S/C12H18N4O3/c13-7-19-10-2-1-9(11-12(10)15-8-14-11)16(3-5-17)4-6-18/h1-2,8,17-18H,3-7,13H2,(H,14,15). The van der Waals surface area contributed by atoms with Crippen LogP contribution in [0.25, 0.3) is 11.0 Å². The molecule has 0 unspecified atom stereocenters. The van der Waals surface area contributed by atoms with Gasteiger partial charge in [0.15, 0.2) is 0 Å². The fourth-order valence-corrected chi connectivity index (χ4v) is 2.05. The van der Waals surface area contributed by atoms with Crippen LogP contribution in [0.15, 0.2) is 18.5 Å². The second-order valence-corrected chi connectivity index (χ2v) is 3.95. The molecule has 0 spiro atoms. The highest BCUT2D eigenvalue weighted by atomic mass is 16.5. The van der Waals surface area contributed by atoms with Crippen LogP contribution in [-0.2, 0) is 0 Å². The number of hydrogen-bond acceptors (Lipinski definition) is 6. The van der Waals surface area contributed by atoms with Gasteiger partial charge < -0.3 is 24.8 Å². The van der Waals surface area contributed by atoms with Crippen molar-refractivity contribution in [1.82, 2.24) is 9.97 Å². The first kappa shape index (κ1) is 13.6. The number of aliphatic hydroxyl groups is 2. The van der Waals surface area contributed by atoms with Gasteiger partial charge in [0.2, 0.25) is 0 Å². The van der Waals surface area contributed by atoms with Gasteiger partial charge in [0.1, 0.15) is 23.5 Å². The lowest BCUT2D eigenvalue weighted by Gasteiger charge is -2.23. The van der Waals surface area contributed by atoms with Crippen molar-refractivity contribution in [3.05, 3.63) is 18.5 Å². The number of nitrogens with two attached hydrogens (primary N) is 1. The number of rotatable bonds is 7. The first-order chi connectivity index (χ1) is 9.31. The Balaban J connectivity index is 2.42. The molecular formula is C12H18N4O3. The summed E-state index contributed by atoms with van der Waals surface area (Å²) >= 11 is 0. The lowest BCUT2D eigenvalue weighted by atomic mass is 10.2. The Morgan fingerprint density at radius 1 is 1.26 bits per heavy atom. The molecule has 0 saturated carbocycles. The largest absolute Gasteiger partial charge is 0.476 e. The number of aromatic nitrogens is 2. The van der Waals surface area contributed by atoms with Crippen LogP contribution >= 0.6 is 0 Å². The molecule has 19 heavy (non-hydrogen) atoms. The van der Waals surface area contributed by atoms with Gasteiger partial charge in [0.05, 0.1) is 25.2 Å². The summed E-state index contributed by atoms with van der Waals surface area (Å²) in [7, 11) is 0. The number of aromatic amines is 1. The van der Waals surface area contributed by atoms with Crippen molar-refractivity contribution < 1.29 is 14.9 Å². The third-order valence-corrected chi connectivity index (χ3v) is 2.84. The molecule has 0 atom stereocenters. The van der Waals surface area contributed by atoms with Crippen LogP contribution < -0.4 is 15.4 Å². The minimum absolute atomic E-state index is 0.00691. The van der Waals surface area contributed by atoms with Crippen molar-refractivity contribution >= 4 is 16.7 Å². The van der Waals surface area contributed by atoms with Crippen LogP contribution in [0.5, 0.6) is 5.75 Å². The first-order valence-electron chi connectivity index (χ1n) is 6.07. The average Bonchev–Trinajstić information content (AvgIpc) is 2.89. The van der Waals surface area contributed by atoms with E-state index in [1.54, 1.807) is 12.4 Å². The highest BCUT2D eigenvalue weighted by Gasteiger charge is 2.14. The molecule has 0 fully saturated rings. The van der Waals surface area contributed by atoms with Gasteiger partial charge in [0.25, 0.3) is 0 Å². The molecule has 0 aliphatic rings. The van der Waals surface area contributed by atoms with E-state index in [1.165, 1.54) is 0 Å². The van der Waals surface area contributed by atoms with Gasteiger partial charge in [-0.25, -0.2) is 4.98 Å². The molecule has 1 heterocycles. The van der Waals surface area contributed by atoms with E-state index in [9.17, 15) is 0 Å². The van der Waals surface area contributed by atoms with Gasteiger partial charge in [-0.15, -0.1) is 0 Å². The van der Waals surface area contributed by atoms with Gasteiger partial charge in [-0.2, -0.15) is 0 Å². The fourth-order valence-electron chi connectivity index (χ4n) is 2.05. The van der Waals surface area contributed by atoms with Crippen LogP contribution in [-0.4, -0.2) is 53.2 Å². The number of H-pyrrole nitrogens is 1. The minimum atomic E-state index is 0.00691. The summed E-state index contributed by atoms with van der Waals surface area (Å²) in [6, 6.07) is 3.64. The molecule has 0 aliphatic carbocycles. The molecule has 7 nitrogen and oxygen atoms in total. The number of fused-ring (bicyclic) bond motifs is 1. The highest BCUT2D eigenvalue weighted by Crippen LogP contribution is 2.31. The Morgan fingerprint density at radius 3 is 2.63 bits per heavy atom. The van der Waals surface area contributed by atoms with Gasteiger partial charge >= 0.3 is 0 Å². The molecule has 2 rings (SSSR count). The van der Waals surface area contributed by atoms with Crippen LogP contribution in [0.4, 0.5) is 5.69 Å². The van der Waals surface area contributed by atoms with E-state index in [4.69, 9.17) is 20.7 Å². The molecular weight excluding hydrogens is 248 g/mol. The third-order valence-electron chi connectivity index (χ3n) is 2.84. The lowest BCUT2D eigenvalue weighted by Crippen LogP contribution is -2.29. The number of imidazole rings is 1. The summed E-state index contributed by atoms with van der Waals surface area (Å²) < 4.78 is 5.32. The maximum absolute atomic E-state index is 9.09. The zero-order valence-corrected chi connectivity index (χ0v) is 10.5. The monoisotopic (exact) mass is 266 g/mol. The van der Waals surface area contributed by atoms with Gasteiger partial charge in [-0.1, -0.05) is 0 Å². The van der Waals surface area contributed by atoms with E-state index < -0.39 is 0 Å². The number of aliphatic hydroxyl groups excluding tert-OH is 2. The summed E-state index contributed by atoms with van der Waals surface area (Å²) in [6.07, 6.45) is 1.58. The zero-order valence-electron chi connectivity index (χ0n) is 10.5. The van der Waals surface area contributed by atoms with Gasteiger partial charge in [0, 0.05) is 13.1 Å². The molecule has 0 radical (unpaired) electrons. The smallest absolute Gasteiger partial charge is 0.147 e. The predicted octanol–water partition coefficient (Wildman–Crippen LogP) is -0.351. The van der Waals surface area contributed by atoms with Crippen molar-refractivity contribution in [1.29, 1.82) is 0 Å². The summed E-state index contributed by atoms with van der Waals surface area (Å²) in [4.78, 5) is 9.15. The molecule has 0 bridgehead atoms. The summed E-state index contributed by atoms with van der Waals surface area (Å²) in [5, 5.41) is 18.2. The predicted molar refractivity (Wildman–Crippen MR) is 72.2 cm³/mol. The van der Waals surface area contributed by atoms with Crippen molar-refractivity contribution in [2.75, 3.05) is 37.9 Å². The molecule has 0 aliphatic heterocycles. The molecule has 0 amide bonds. The van der Waals surface area contributed by atoms with Crippen molar-refractivity contribution in [3.8, 4) is 5.75 Å². The molecule has 104 valence electrons. The van der Waals surface area contributed by atoms with E-state index in [0.717, 1.165) is 16.7 Å². The van der Waals surface area contributed by atoms with Crippen LogP contribution in [0.1, 0.15) is 0 Å². The fraction of sp³-hybridized carbons (Fsp3) is 0.417. The third kappa shape index (κ3) is 2.78. The van der Waals surface area contributed by atoms with Crippen molar-refractivity contribution in [2.45, 2.75) is 0 Å². The summed E-state index contributed by atoms with van der Waals surface area (Å²) in [6.45, 7) is 0.962. The zero-order chi connectivity index (χ0) is 13.7. The minimum Gasteiger partial charge on any atom is -0.476 e. The van der Waals surface area contributed by atoms with Gasteiger partial charge in [-0.3, -0.25) is 5.73 Å².